The average molecular weight is 232 g/mol. The monoisotopic (exact) mass is 232 g/mol. The molecule has 95 valence electrons. The van der Waals surface area contributed by atoms with Gasteiger partial charge in [-0.05, 0) is 43.9 Å². The highest BCUT2D eigenvalue weighted by atomic mass is 15.1. The maximum Gasteiger partial charge on any atom is 0.0366 e. The van der Waals surface area contributed by atoms with Crippen molar-refractivity contribution in [3.05, 3.63) is 36.8 Å². The second kappa shape index (κ2) is 8.16. The molecule has 0 unspecified atom stereocenters. The Balaban J connectivity index is 2.65. The van der Waals surface area contributed by atoms with Crippen LogP contribution in [0, 0.1) is 6.92 Å². The van der Waals surface area contributed by atoms with Gasteiger partial charge in [0.05, 0.1) is 0 Å². The van der Waals surface area contributed by atoms with Crippen molar-refractivity contribution in [3.63, 3.8) is 0 Å². The summed E-state index contributed by atoms with van der Waals surface area (Å²) < 4.78 is 0. The molecule has 0 aromatic heterocycles. The van der Waals surface area contributed by atoms with Crippen molar-refractivity contribution in [1.29, 1.82) is 0 Å². The molecule has 1 radical (unpaired) electrons. The Morgan fingerprint density at radius 2 is 1.47 bits per heavy atom. The first kappa shape index (κ1) is 14.1. The Kier molecular flexibility index (Phi) is 6.76. The molecule has 0 saturated heterocycles. The van der Waals surface area contributed by atoms with Crippen LogP contribution in [0.5, 0.6) is 0 Å². The molecule has 0 atom stereocenters. The number of nitrogens with zero attached hydrogens (tertiary/aromatic N) is 1. The van der Waals surface area contributed by atoms with Crippen molar-refractivity contribution in [2.45, 2.75) is 46.0 Å². The maximum atomic E-state index is 3.92. The second-order valence-corrected chi connectivity index (χ2v) is 4.61. The lowest BCUT2D eigenvalue weighted by atomic mass is 10.1. The predicted octanol–water partition coefficient (Wildman–Crippen LogP) is 4.47. The molecule has 0 aliphatic carbocycles. The quantitative estimate of drug-likeness (QED) is 0.639. The summed E-state index contributed by atoms with van der Waals surface area (Å²) >= 11 is 0. The van der Waals surface area contributed by atoms with Crippen molar-refractivity contribution in [1.82, 2.24) is 0 Å². The standard InChI is InChI=1S/C16H26N/c1-4-7-13-17(14-8-5-2)16-11-9-15(6-3)10-12-16/h9-12H,3-8,13-14H2,1-2H3. The van der Waals surface area contributed by atoms with Gasteiger partial charge < -0.3 is 4.90 Å². The first-order chi connectivity index (χ1) is 8.31. The van der Waals surface area contributed by atoms with E-state index in [0.29, 0.717) is 0 Å². The Labute approximate surface area is 107 Å². The Bertz CT molecular complexity index is 281. The predicted molar refractivity (Wildman–Crippen MR) is 77.5 cm³/mol. The number of rotatable bonds is 8. The van der Waals surface area contributed by atoms with Crippen LogP contribution < -0.4 is 4.90 Å². The molecule has 1 aromatic carbocycles. The molecule has 0 bridgehead atoms. The molecule has 0 aliphatic rings. The van der Waals surface area contributed by atoms with Gasteiger partial charge in [-0.15, -0.1) is 0 Å². The molecule has 0 N–H and O–H groups in total. The number of unbranched alkanes of at least 4 members (excludes halogenated alkanes) is 2. The Hall–Kier alpha value is -0.980. The van der Waals surface area contributed by atoms with Crippen LogP contribution in [0.2, 0.25) is 0 Å². The van der Waals surface area contributed by atoms with Gasteiger partial charge in [-0.25, -0.2) is 0 Å². The summed E-state index contributed by atoms with van der Waals surface area (Å²) in [6, 6.07) is 8.89. The van der Waals surface area contributed by atoms with E-state index in [4.69, 9.17) is 0 Å². The van der Waals surface area contributed by atoms with E-state index >= 15 is 0 Å². The number of benzene rings is 1. The van der Waals surface area contributed by atoms with E-state index in [9.17, 15) is 0 Å². The van der Waals surface area contributed by atoms with Gasteiger partial charge in [0.2, 0.25) is 0 Å². The normalized spacial score (nSPS) is 10.5. The topological polar surface area (TPSA) is 3.24 Å². The summed E-state index contributed by atoms with van der Waals surface area (Å²) in [6.07, 6.45) is 5.96. The summed E-state index contributed by atoms with van der Waals surface area (Å²) in [6.45, 7) is 10.8. The fourth-order valence-corrected chi connectivity index (χ4v) is 1.94. The van der Waals surface area contributed by atoms with Crippen molar-refractivity contribution < 1.29 is 0 Å². The van der Waals surface area contributed by atoms with Crippen LogP contribution in [0.1, 0.15) is 45.1 Å². The van der Waals surface area contributed by atoms with E-state index < -0.39 is 0 Å². The van der Waals surface area contributed by atoms with Gasteiger partial charge in [0.1, 0.15) is 0 Å². The van der Waals surface area contributed by atoms with Crippen LogP contribution in [-0.2, 0) is 6.42 Å². The molecular formula is C16H26N. The Morgan fingerprint density at radius 3 is 1.88 bits per heavy atom. The van der Waals surface area contributed by atoms with E-state index in [1.807, 2.05) is 0 Å². The van der Waals surface area contributed by atoms with Crippen LogP contribution in [0.25, 0.3) is 0 Å². The summed E-state index contributed by atoms with van der Waals surface area (Å²) in [5, 5.41) is 0. The van der Waals surface area contributed by atoms with Gasteiger partial charge in [0, 0.05) is 18.8 Å². The Morgan fingerprint density at radius 1 is 0.941 bits per heavy atom. The third kappa shape index (κ3) is 4.80. The molecule has 0 aliphatic heterocycles. The minimum atomic E-state index is 0.879. The molecule has 1 nitrogen and oxygen atoms in total. The SMILES string of the molecule is [CH2]Cc1ccc(N(CCCC)CCCC)cc1. The van der Waals surface area contributed by atoms with Crippen molar-refractivity contribution in [2.24, 2.45) is 0 Å². The zero-order valence-corrected chi connectivity index (χ0v) is 11.4. The minimum Gasteiger partial charge on any atom is -0.372 e. The van der Waals surface area contributed by atoms with Crippen LogP contribution >= 0.6 is 0 Å². The fraction of sp³-hybridized carbons (Fsp3) is 0.562. The van der Waals surface area contributed by atoms with Gasteiger partial charge in [-0.1, -0.05) is 38.8 Å². The fourth-order valence-electron chi connectivity index (χ4n) is 1.94. The lowest BCUT2D eigenvalue weighted by Gasteiger charge is -2.24. The third-order valence-electron chi connectivity index (χ3n) is 3.15. The maximum absolute atomic E-state index is 3.92. The van der Waals surface area contributed by atoms with Crippen molar-refractivity contribution in [3.8, 4) is 0 Å². The van der Waals surface area contributed by atoms with Gasteiger partial charge in [0.25, 0.3) is 0 Å². The summed E-state index contributed by atoms with van der Waals surface area (Å²) in [4.78, 5) is 2.51. The van der Waals surface area contributed by atoms with Gasteiger partial charge in [-0.3, -0.25) is 0 Å². The second-order valence-electron chi connectivity index (χ2n) is 4.61. The number of anilines is 1. The summed E-state index contributed by atoms with van der Waals surface area (Å²) in [7, 11) is 0. The highest BCUT2D eigenvalue weighted by molar-refractivity contribution is 5.47. The van der Waals surface area contributed by atoms with E-state index in [0.717, 1.165) is 6.42 Å². The van der Waals surface area contributed by atoms with Crippen LogP contribution in [0.4, 0.5) is 5.69 Å². The zero-order valence-electron chi connectivity index (χ0n) is 11.4. The average Bonchev–Trinajstić information content (AvgIpc) is 2.39. The molecule has 0 amide bonds. The summed E-state index contributed by atoms with van der Waals surface area (Å²) in [5.41, 5.74) is 2.68. The van der Waals surface area contributed by atoms with Gasteiger partial charge >= 0.3 is 0 Å². The highest BCUT2D eigenvalue weighted by Crippen LogP contribution is 2.17. The van der Waals surface area contributed by atoms with Crippen LogP contribution in [0.3, 0.4) is 0 Å². The smallest absolute Gasteiger partial charge is 0.0366 e. The highest BCUT2D eigenvalue weighted by Gasteiger charge is 2.04. The molecule has 17 heavy (non-hydrogen) atoms. The van der Waals surface area contributed by atoms with Crippen molar-refractivity contribution in [2.75, 3.05) is 18.0 Å². The lowest BCUT2D eigenvalue weighted by molar-refractivity contribution is 0.678. The van der Waals surface area contributed by atoms with Gasteiger partial charge in [-0.2, -0.15) is 0 Å². The molecular weight excluding hydrogens is 206 g/mol. The molecule has 0 heterocycles. The van der Waals surface area contributed by atoms with Crippen LogP contribution in [-0.4, -0.2) is 13.1 Å². The van der Waals surface area contributed by atoms with Gasteiger partial charge in [0.15, 0.2) is 0 Å². The third-order valence-corrected chi connectivity index (χ3v) is 3.15. The van der Waals surface area contributed by atoms with E-state index in [-0.39, 0.29) is 0 Å². The first-order valence-electron chi connectivity index (χ1n) is 6.95. The van der Waals surface area contributed by atoms with E-state index in [1.165, 1.54) is 50.0 Å². The van der Waals surface area contributed by atoms with E-state index in [1.54, 1.807) is 0 Å². The van der Waals surface area contributed by atoms with Crippen LogP contribution in [0.15, 0.2) is 24.3 Å². The van der Waals surface area contributed by atoms with E-state index in [2.05, 4.69) is 49.9 Å². The van der Waals surface area contributed by atoms with Crippen molar-refractivity contribution >= 4 is 5.69 Å². The molecule has 1 rings (SSSR count). The molecule has 0 spiro atoms. The zero-order chi connectivity index (χ0) is 12.5. The number of hydrogen-bond acceptors (Lipinski definition) is 1. The molecule has 1 heteroatoms. The number of hydrogen-bond donors (Lipinski definition) is 0. The first-order valence-corrected chi connectivity index (χ1v) is 6.95. The largest absolute Gasteiger partial charge is 0.372 e. The lowest BCUT2D eigenvalue weighted by Crippen LogP contribution is -2.25. The molecule has 1 aromatic rings. The summed E-state index contributed by atoms with van der Waals surface area (Å²) in [5.74, 6) is 0. The molecule has 0 fully saturated rings. The molecule has 0 saturated carbocycles. The minimum absolute atomic E-state index is 0.879.